The van der Waals surface area contributed by atoms with E-state index in [1.165, 1.54) is 6.07 Å². The largest absolute Gasteiger partial charge is 0.357 e. The van der Waals surface area contributed by atoms with E-state index in [-0.39, 0.29) is 0 Å². The Bertz CT molecular complexity index is 685. The molecule has 0 spiro atoms. The Kier molecular flexibility index (Phi) is 7.11. The van der Waals surface area contributed by atoms with Gasteiger partial charge in [0, 0.05) is 18.5 Å². The molecular weight excluding hydrogens is 330 g/mol. The lowest BCUT2D eigenvalue weighted by Gasteiger charge is -2.11. The lowest BCUT2D eigenvalue weighted by atomic mass is 10.1. The van der Waals surface area contributed by atoms with Crippen molar-refractivity contribution in [2.45, 2.75) is 33.2 Å². The first-order chi connectivity index (χ1) is 11.6. The Balaban J connectivity index is 1.90. The fraction of sp³-hybridized carbons (Fsp3) is 0.412. The van der Waals surface area contributed by atoms with Gasteiger partial charge in [-0.15, -0.1) is 11.3 Å². The molecule has 2 N–H and O–H groups in total. The first-order valence-electron chi connectivity index (χ1n) is 8.01. The molecule has 0 atom stereocenters. The predicted molar refractivity (Wildman–Crippen MR) is 94.4 cm³/mol. The van der Waals surface area contributed by atoms with Crippen molar-refractivity contribution in [3.63, 3.8) is 0 Å². The monoisotopic (exact) mass is 352 g/mol. The highest BCUT2D eigenvalue weighted by Gasteiger charge is 2.05. The van der Waals surface area contributed by atoms with Crippen molar-refractivity contribution in [2.75, 3.05) is 13.1 Å². The summed E-state index contributed by atoms with van der Waals surface area (Å²) in [5.74, 6) is -0.183. The Hall–Kier alpha value is -2.02. The van der Waals surface area contributed by atoms with E-state index in [4.69, 9.17) is 0 Å². The maximum absolute atomic E-state index is 13.6. The summed E-state index contributed by atoms with van der Waals surface area (Å²) >= 11 is 1.63. The molecule has 0 saturated heterocycles. The first-order valence-corrected chi connectivity index (χ1v) is 8.89. The van der Waals surface area contributed by atoms with Crippen LogP contribution in [0.15, 0.2) is 28.6 Å². The Morgan fingerprint density at radius 3 is 2.79 bits per heavy atom. The minimum absolute atomic E-state index is 0.352. The van der Waals surface area contributed by atoms with Crippen molar-refractivity contribution >= 4 is 17.3 Å². The van der Waals surface area contributed by atoms with E-state index >= 15 is 0 Å². The van der Waals surface area contributed by atoms with Gasteiger partial charge in [0.1, 0.15) is 11.6 Å². The van der Waals surface area contributed by atoms with Crippen molar-refractivity contribution < 1.29 is 8.78 Å². The average Bonchev–Trinajstić information content (AvgIpc) is 3.04. The fourth-order valence-corrected chi connectivity index (χ4v) is 2.87. The van der Waals surface area contributed by atoms with Crippen LogP contribution >= 0.6 is 11.3 Å². The molecule has 7 heteroatoms. The maximum Gasteiger partial charge on any atom is 0.191 e. The lowest BCUT2D eigenvalue weighted by molar-refractivity contribution is 0.583. The summed E-state index contributed by atoms with van der Waals surface area (Å²) in [6, 6.07) is 3.50. The summed E-state index contributed by atoms with van der Waals surface area (Å²) in [4.78, 5) is 8.95. The van der Waals surface area contributed by atoms with Gasteiger partial charge in [0.2, 0.25) is 0 Å². The van der Waals surface area contributed by atoms with E-state index in [0.29, 0.717) is 31.0 Å². The molecule has 0 bridgehead atoms. The van der Waals surface area contributed by atoms with Gasteiger partial charge < -0.3 is 10.6 Å². The summed E-state index contributed by atoms with van der Waals surface area (Å²) in [7, 11) is 0. The molecule has 0 unspecified atom stereocenters. The zero-order chi connectivity index (χ0) is 17.4. The quantitative estimate of drug-likeness (QED) is 0.594. The van der Waals surface area contributed by atoms with Crippen LogP contribution in [-0.4, -0.2) is 24.0 Å². The van der Waals surface area contributed by atoms with Gasteiger partial charge in [-0.1, -0.05) is 6.92 Å². The minimum Gasteiger partial charge on any atom is -0.357 e. The molecule has 0 fully saturated rings. The molecule has 4 nitrogen and oxygen atoms in total. The third-order valence-electron chi connectivity index (χ3n) is 3.34. The van der Waals surface area contributed by atoms with Gasteiger partial charge >= 0.3 is 0 Å². The van der Waals surface area contributed by atoms with Crippen LogP contribution < -0.4 is 10.6 Å². The van der Waals surface area contributed by atoms with Crippen molar-refractivity contribution in [2.24, 2.45) is 4.99 Å². The van der Waals surface area contributed by atoms with E-state index in [1.807, 2.05) is 12.3 Å². The highest BCUT2D eigenvalue weighted by Crippen LogP contribution is 2.11. The van der Waals surface area contributed by atoms with Crippen LogP contribution in [0.2, 0.25) is 0 Å². The fourth-order valence-electron chi connectivity index (χ4n) is 2.14. The number of thiazole rings is 1. The van der Waals surface area contributed by atoms with Gasteiger partial charge in [0.25, 0.3) is 0 Å². The smallest absolute Gasteiger partial charge is 0.191 e. The second-order valence-electron chi connectivity index (χ2n) is 5.19. The average molecular weight is 352 g/mol. The highest BCUT2D eigenvalue weighted by atomic mass is 32.1. The molecule has 0 radical (unpaired) electrons. The number of rotatable bonds is 7. The molecule has 2 rings (SSSR count). The summed E-state index contributed by atoms with van der Waals surface area (Å²) in [6.07, 6.45) is 1.30. The van der Waals surface area contributed by atoms with Crippen molar-refractivity contribution in [1.29, 1.82) is 0 Å². The first kappa shape index (κ1) is 18.3. The number of aliphatic imine (C=N–C) groups is 1. The van der Waals surface area contributed by atoms with E-state index in [0.717, 1.165) is 35.8 Å². The molecule has 0 aliphatic rings. The zero-order valence-electron chi connectivity index (χ0n) is 13.9. The van der Waals surface area contributed by atoms with Gasteiger partial charge in [0.15, 0.2) is 5.96 Å². The molecule has 0 aliphatic carbocycles. The van der Waals surface area contributed by atoms with E-state index in [1.54, 1.807) is 11.3 Å². The molecule has 0 aliphatic heterocycles. The van der Waals surface area contributed by atoms with E-state index < -0.39 is 11.6 Å². The molecule has 130 valence electrons. The number of nitrogens with one attached hydrogen (secondary N) is 2. The molecule has 0 amide bonds. The van der Waals surface area contributed by atoms with Crippen LogP contribution in [0, 0.1) is 11.6 Å². The lowest BCUT2D eigenvalue weighted by Crippen LogP contribution is -2.38. The Labute approximate surface area is 145 Å². The van der Waals surface area contributed by atoms with Crippen LogP contribution in [0.1, 0.15) is 30.1 Å². The molecule has 2 aromatic rings. The molecular formula is C17H22F2N4S. The molecule has 1 aromatic carbocycles. The molecule has 1 heterocycles. The normalized spacial score (nSPS) is 11.6. The minimum atomic E-state index is -0.428. The topological polar surface area (TPSA) is 49.3 Å². The van der Waals surface area contributed by atoms with Crippen LogP contribution in [0.5, 0.6) is 0 Å². The maximum atomic E-state index is 13.6. The number of hydrogen-bond acceptors (Lipinski definition) is 3. The SMILES string of the molecule is CCNC(=NCc1csc(CC)n1)NCCc1cc(F)ccc1F. The molecule has 0 saturated carbocycles. The van der Waals surface area contributed by atoms with Crippen molar-refractivity contribution in [1.82, 2.24) is 15.6 Å². The van der Waals surface area contributed by atoms with Gasteiger partial charge in [-0.25, -0.2) is 18.8 Å². The molecule has 24 heavy (non-hydrogen) atoms. The number of nitrogens with zero attached hydrogens (tertiary/aromatic N) is 2. The summed E-state index contributed by atoms with van der Waals surface area (Å²) in [6.45, 7) is 5.71. The van der Waals surface area contributed by atoms with Gasteiger partial charge in [0.05, 0.1) is 17.2 Å². The third kappa shape index (κ3) is 5.56. The predicted octanol–water partition coefficient (Wildman–Crippen LogP) is 3.28. The second kappa shape index (κ2) is 9.32. The summed E-state index contributed by atoms with van der Waals surface area (Å²) in [5.41, 5.74) is 1.29. The zero-order valence-corrected chi connectivity index (χ0v) is 14.7. The number of benzene rings is 1. The van der Waals surface area contributed by atoms with Crippen LogP contribution in [0.4, 0.5) is 8.78 Å². The molecule has 1 aromatic heterocycles. The van der Waals surface area contributed by atoms with Gasteiger partial charge in [-0.3, -0.25) is 0 Å². The van der Waals surface area contributed by atoms with Gasteiger partial charge in [-0.2, -0.15) is 0 Å². The second-order valence-corrected chi connectivity index (χ2v) is 6.14. The van der Waals surface area contributed by atoms with E-state index in [9.17, 15) is 8.78 Å². The van der Waals surface area contributed by atoms with E-state index in [2.05, 4.69) is 27.5 Å². The number of aromatic nitrogens is 1. The Morgan fingerprint density at radius 1 is 1.25 bits per heavy atom. The van der Waals surface area contributed by atoms with Crippen molar-refractivity contribution in [3.8, 4) is 0 Å². The van der Waals surface area contributed by atoms with Crippen LogP contribution in [0.3, 0.4) is 0 Å². The summed E-state index contributed by atoms with van der Waals surface area (Å²) < 4.78 is 26.8. The van der Waals surface area contributed by atoms with Gasteiger partial charge in [-0.05, 0) is 43.5 Å². The number of halogens is 2. The Morgan fingerprint density at radius 2 is 2.08 bits per heavy atom. The van der Waals surface area contributed by atoms with Crippen LogP contribution in [0.25, 0.3) is 0 Å². The number of aryl methyl sites for hydroxylation is 1. The number of guanidine groups is 1. The summed E-state index contributed by atoms with van der Waals surface area (Å²) in [5, 5.41) is 9.37. The standard InChI is InChI=1S/C17H22F2N4S/c1-3-16-23-14(11-24-16)10-22-17(20-4-2)21-8-7-12-9-13(18)5-6-15(12)19/h5-6,9,11H,3-4,7-8,10H2,1-2H3,(H2,20,21,22). The van der Waals surface area contributed by atoms with Crippen LogP contribution in [-0.2, 0) is 19.4 Å². The van der Waals surface area contributed by atoms with Crippen molar-refractivity contribution in [3.05, 3.63) is 51.5 Å². The number of hydrogen-bond donors (Lipinski definition) is 2. The highest BCUT2D eigenvalue weighted by molar-refractivity contribution is 7.09. The third-order valence-corrected chi connectivity index (χ3v) is 4.38.